The van der Waals surface area contributed by atoms with E-state index in [9.17, 15) is 4.39 Å². The second-order valence-electron chi connectivity index (χ2n) is 0.449. The molecule has 0 bridgehead atoms. The van der Waals surface area contributed by atoms with E-state index in [0.29, 0.717) is 0 Å². The predicted octanol–water partition coefficient (Wildman–Crippen LogP) is 1.70. The average Bonchev–Trinajstić information content (AvgIpc) is 0.811. The van der Waals surface area contributed by atoms with Crippen LogP contribution in [0.2, 0.25) is 0 Å². The van der Waals surface area contributed by atoms with Crippen LogP contribution in [-0.2, 0) is 0 Å². The molecule has 0 saturated carbocycles. The van der Waals surface area contributed by atoms with Crippen LogP contribution in [0.25, 0.3) is 0 Å². The molecule has 0 aromatic carbocycles. The molecule has 0 aromatic rings. The number of rotatable bonds is 0. The van der Waals surface area contributed by atoms with Crippen molar-refractivity contribution in [3.8, 4) is 0 Å². The standard InChI is InChI=1S/C2H3ClF/c1-2(3)4/h1H3. The number of halogens is 2. The summed E-state index contributed by atoms with van der Waals surface area (Å²) >= 11 is 4.52. The molecule has 4 heavy (non-hydrogen) atoms. The Bertz CT molecular complexity index is 10.8. The number of hydrogen-bond donors (Lipinski definition) is 0. The van der Waals surface area contributed by atoms with Crippen molar-refractivity contribution in [2.75, 3.05) is 0 Å². The van der Waals surface area contributed by atoms with Crippen LogP contribution in [0.1, 0.15) is 6.92 Å². The Morgan fingerprint density at radius 3 is 2.00 bits per heavy atom. The Kier molecular flexibility index (Phi) is 1.61. The van der Waals surface area contributed by atoms with Crippen molar-refractivity contribution in [1.29, 1.82) is 0 Å². The van der Waals surface area contributed by atoms with Gasteiger partial charge in [-0.2, -0.15) is 0 Å². The molecule has 0 spiro atoms. The quantitative estimate of drug-likeness (QED) is 0.416. The van der Waals surface area contributed by atoms with Crippen molar-refractivity contribution in [2.24, 2.45) is 0 Å². The van der Waals surface area contributed by atoms with Gasteiger partial charge in [0.2, 0.25) is 5.63 Å². The molecular weight excluding hydrogens is 78.5 g/mol. The Morgan fingerprint density at radius 2 is 2.00 bits per heavy atom. The zero-order valence-electron chi connectivity index (χ0n) is 2.26. The second kappa shape index (κ2) is 1.53. The summed E-state index contributed by atoms with van der Waals surface area (Å²) in [5.41, 5.74) is -0.611. The van der Waals surface area contributed by atoms with Crippen molar-refractivity contribution >= 4 is 11.6 Å². The topological polar surface area (TPSA) is 0 Å². The van der Waals surface area contributed by atoms with Crippen LogP contribution in [0, 0.1) is 5.63 Å². The summed E-state index contributed by atoms with van der Waals surface area (Å²) in [5.74, 6) is 0. The monoisotopic (exact) mass is 81.0 g/mol. The molecule has 0 aliphatic heterocycles. The van der Waals surface area contributed by atoms with Crippen LogP contribution in [0.15, 0.2) is 0 Å². The Labute approximate surface area is 29.6 Å². The maximum Gasteiger partial charge on any atom is 0.227 e. The first-order valence-electron chi connectivity index (χ1n) is 0.878. The summed E-state index contributed by atoms with van der Waals surface area (Å²) in [5, 5.41) is 0. The summed E-state index contributed by atoms with van der Waals surface area (Å²) in [4.78, 5) is 0. The molecule has 0 N–H and O–H groups in total. The molecule has 0 rings (SSSR count). The zero-order valence-corrected chi connectivity index (χ0v) is 3.01. The van der Waals surface area contributed by atoms with E-state index in [1.54, 1.807) is 0 Å². The number of hydrogen-bond acceptors (Lipinski definition) is 0. The first kappa shape index (κ1) is 4.22. The first-order chi connectivity index (χ1) is 1.73. The van der Waals surface area contributed by atoms with Crippen LogP contribution >= 0.6 is 11.6 Å². The second-order valence-corrected chi connectivity index (χ2v) is 0.970. The van der Waals surface area contributed by atoms with Crippen molar-refractivity contribution in [3.05, 3.63) is 5.63 Å². The van der Waals surface area contributed by atoms with E-state index in [2.05, 4.69) is 11.6 Å². The van der Waals surface area contributed by atoms with E-state index in [1.165, 1.54) is 6.92 Å². The van der Waals surface area contributed by atoms with E-state index >= 15 is 0 Å². The van der Waals surface area contributed by atoms with Crippen LogP contribution in [0.3, 0.4) is 0 Å². The smallest absolute Gasteiger partial charge is 0.222 e. The molecule has 0 aromatic heterocycles. The lowest BCUT2D eigenvalue weighted by Crippen LogP contribution is -1.50. The minimum Gasteiger partial charge on any atom is -0.222 e. The van der Waals surface area contributed by atoms with E-state index in [4.69, 9.17) is 0 Å². The minimum atomic E-state index is -0.611. The fourth-order valence-electron chi connectivity index (χ4n) is 0. The lowest BCUT2D eigenvalue weighted by molar-refractivity contribution is 0.593. The highest BCUT2D eigenvalue weighted by molar-refractivity contribution is 6.25. The molecule has 0 amide bonds. The van der Waals surface area contributed by atoms with E-state index in [1.807, 2.05) is 0 Å². The highest BCUT2D eigenvalue weighted by Gasteiger charge is 1.80. The van der Waals surface area contributed by atoms with Gasteiger partial charge >= 0.3 is 0 Å². The third-order valence-corrected chi connectivity index (χ3v) is 0. The maximum absolute atomic E-state index is 10.7. The van der Waals surface area contributed by atoms with Crippen molar-refractivity contribution in [2.45, 2.75) is 6.92 Å². The summed E-state index contributed by atoms with van der Waals surface area (Å²) in [6, 6.07) is 0. The van der Waals surface area contributed by atoms with E-state index in [0.717, 1.165) is 0 Å². The maximum atomic E-state index is 10.7. The molecule has 0 aliphatic carbocycles. The van der Waals surface area contributed by atoms with Gasteiger partial charge in [0, 0.05) is 0 Å². The van der Waals surface area contributed by atoms with Gasteiger partial charge in [-0.05, 0) is 6.92 Å². The van der Waals surface area contributed by atoms with Crippen LogP contribution in [0.5, 0.6) is 0 Å². The van der Waals surface area contributed by atoms with E-state index in [-0.39, 0.29) is 0 Å². The Hall–Kier alpha value is 0.220. The zero-order chi connectivity index (χ0) is 3.58. The van der Waals surface area contributed by atoms with Gasteiger partial charge < -0.3 is 0 Å². The molecule has 1 radical (unpaired) electrons. The third kappa shape index (κ3) is 68.3. The van der Waals surface area contributed by atoms with Gasteiger partial charge in [0.1, 0.15) is 0 Å². The van der Waals surface area contributed by atoms with Gasteiger partial charge in [-0.3, -0.25) is 0 Å². The van der Waals surface area contributed by atoms with Crippen LogP contribution in [-0.4, -0.2) is 0 Å². The summed E-state index contributed by atoms with van der Waals surface area (Å²) in [6.07, 6.45) is 0. The lowest BCUT2D eigenvalue weighted by atomic mass is 10.9. The molecule has 0 aliphatic rings. The molecule has 0 saturated heterocycles. The Morgan fingerprint density at radius 1 is 2.00 bits per heavy atom. The van der Waals surface area contributed by atoms with Gasteiger partial charge in [0.05, 0.1) is 0 Å². The molecule has 0 atom stereocenters. The highest BCUT2D eigenvalue weighted by atomic mass is 35.5. The average molecular weight is 81.5 g/mol. The van der Waals surface area contributed by atoms with Gasteiger partial charge in [0.25, 0.3) is 0 Å². The van der Waals surface area contributed by atoms with E-state index < -0.39 is 5.63 Å². The van der Waals surface area contributed by atoms with Crippen LogP contribution in [0.4, 0.5) is 4.39 Å². The predicted molar refractivity (Wildman–Crippen MR) is 15.9 cm³/mol. The van der Waals surface area contributed by atoms with Gasteiger partial charge in [-0.25, -0.2) is 4.39 Å². The molecule has 0 fully saturated rings. The fourth-order valence-corrected chi connectivity index (χ4v) is 0. The van der Waals surface area contributed by atoms with Crippen molar-refractivity contribution in [1.82, 2.24) is 0 Å². The third-order valence-electron chi connectivity index (χ3n) is 0. The molecule has 0 heterocycles. The van der Waals surface area contributed by atoms with Gasteiger partial charge in [0.15, 0.2) is 0 Å². The fraction of sp³-hybridized carbons (Fsp3) is 0.500. The van der Waals surface area contributed by atoms with Crippen molar-refractivity contribution in [3.63, 3.8) is 0 Å². The highest BCUT2D eigenvalue weighted by Crippen LogP contribution is 2.01. The van der Waals surface area contributed by atoms with Gasteiger partial charge in [-0.1, -0.05) is 11.6 Å². The summed E-state index contributed by atoms with van der Waals surface area (Å²) in [7, 11) is 0. The summed E-state index contributed by atoms with van der Waals surface area (Å²) in [6.45, 7) is 1.18. The van der Waals surface area contributed by atoms with Gasteiger partial charge in [-0.15, -0.1) is 0 Å². The van der Waals surface area contributed by atoms with Crippen LogP contribution < -0.4 is 0 Å². The largest absolute Gasteiger partial charge is 0.227 e. The lowest BCUT2D eigenvalue weighted by Gasteiger charge is -1.68. The minimum absolute atomic E-state index is 0.611. The SMILES string of the molecule is C[C](F)Cl. The molecule has 2 heteroatoms. The normalized spacial score (nSPS) is 9.00. The summed E-state index contributed by atoms with van der Waals surface area (Å²) < 4.78 is 10.7. The van der Waals surface area contributed by atoms with Crippen molar-refractivity contribution < 1.29 is 4.39 Å². The molecule has 25 valence electrons. The first-order valence-corrected chi connectivity index (χ1v) is 1.26. The Balaban J connectivity index is 2.32. The molecule has 0 nitrogen and oxygen atoms in total. The molecule has 0 unspecified atom stereocenters. The molecular formula is C2H3ClF.